The Labute approximate surface area is 121 Å². The van der Waals surface area contributed by atoms with E-state index < -0.39 is 0 Å². The molecule has 20 heavy (non-hydrogen) atoms. The van der Waals surface area contributed by atoms with Crippen molar-refractivity contribution in [2.75, 3.05) is 24.2 Å². The first kappa shape index (κ1) is 12.7. The Kier molecular flexibility index (Phi) is 3.69. The van der Waals surface area contributed by atoms with Gasteiger partial charge in [-0.3, -0.25) is 0 Å². The molecule has 102 valence electrons. The monoisotopic (exact) mass is 285 g/mol. The Hall–Kier alpha value is -2.27. The number of thiazole rings is 1. The predicted molar refractivity (Wildman–Crippen MR) is 84.5 cm³/mol. The number of fused-ring (bicyclic) bond motifs is 1. The Bertz CT molecular complexity index is 678. The van der Waals surface area contributed by atoms with E-state index in [1.807, 2.05) is 42.5 Å². The zero-order chi connectivity index (χ0) is 13.8. The van der Waals surface area contributed by atoms with Gasteiger partial charge in [0.15, 0.2) is 5.13 Å². The van der Waals surface area contributed by atoms with Crippen LogP contribution in [0.15, 0.2) is 48.5 Å². The molecular weight excluding hydrogens is 270 g/mol. The van der Waals surface area contributed by atoms with Crippen molar-refractivity contribution in [1.82, 2.24) is 4.98 Å². The highest BCUT2D eigenvalue weighted by Crippen LogP contribution is 2.25. The third kappa shape index (κ3) is 3.00. The molecular formula is C15H15N3OS. The molecule has 1 aromatic heterocycles. The summed E-state index contributed by atoms with van der Waals surface area (Å²) in [5.41, 5.74) is 7.43. The van der Waals surface area contributed by atoms with Crippen molar-refractivity contribution in [1.29, 1.82) is 0 Å². The van der Waals surface area contributed by atoms with E-state index in [0.29, 0.717) is 18.8 Å². The number of nitrogens with one attached hydrogen (secondary N) is 1. The van der Waals surface area contributed by atoms with Gasteiger partial charge < -0.3 is 15.8 Å². The molecule has 3 aromatic rings. The fraction of sp³-hybridized carbons (Fsp3) is 0.133. The molecule has 0 unspecified atom stereocenters. The number of aromatic nitrogens is 1. The number of para-hydroxylation sites is 1. The lowest BCUT2D eigenvalue weighted by atomic mass is 10.3. The lowest BCUT2D eigenvalue weighted by Gasteiger charge is -2.07. The van der Waals surface area contributed by atoms with Gasteiger partial charge in [0, 0.05) is 11.8 Å². The summed E-state index contributed by atoms with van der Waals surface area (Å²) in [5.74, 6) is 0.788. The molecule has 4 nitrogen and oxygen atoms in total. The minimum atomic E-state index is 0.569. The first-order valence-electron chi connectivity index (χ1n) is 6.39. The van der Waals surface area contributed by atoms with Gasteiger partial charge in [-0.05, 0) is 24.3 Å². The standard InChI is InChI=1S/C15H15N3OS/c16-11-4-3-5-12(10-11)19-9-8-17-15-18-13-6-1-2-7-14(13)20-15/h1-7,10H,8-9,16H2,(H,17,18). The molecule has 3 rings (SSSR count). The molecule has 0 aliphatic rings. The van der Waals surface area contributed by atoms with Gasteiger partial charge in [0.05, 0.1) is 16.8 Å². The molecule has 0 fully saturated rings. The van der Waals surface area contributed by atoms with Crippen LogP contribution in [0.3, 0.4) is 0 Å². The van der Waals surface area contributed by atoms with Crippen molar-refractivity contribution in [3.63, 3.8) is 0 Å². The van der Waals surface area contributed by atoms with Gasteiger partial charge in [0.2, 0.25) is 0 Å². The van der Waals surface area contributed by atoms with Gasteiger partial charge in [0.25, 0.3) is 0 Å². The summed E-state index contributed by atoms with van der Waals surface area (Å²) < 4.78 is 6.80. The smallest absolute Gasteiger partial charge is 0.183 e. The summed E-state index contributed by atoms with van der Waals surface area (Å²) in [4.78, 5) is 4.50. The second-order valence-electron chi connectivity index (χ2n) is 4.33. The number of hydrogen-bond donors (Lipinski definition) is 2. The molecule has 0 saturated heterocycles. The molecule has 0 amide bonds. The first-order chi connectivity index (χ1) is 9.81. The molecule has 2 aromatic carbocycles. The molecule has 1 heterocycles. The summed E-state index contributed by atoms with van der Waals surface area (Å²) in [6, 6.07) is 15.5. The van der Waals surface area contributed by atoms with Gasteiger partial charge in [-0.1, -0.05) is 29.5 Å². The lowest BCUT2D eigenvalue weighted by molar-refractivity contribution is 0.333. The summed E-state index contributed by atoms with van der Waals surface area (Å²) >= 11 is 1.65. The average Bonchev–Trinajstić information content (AvgIpc) is 2.86. The Morgan fingerprint density at radius 2 is 2.05 bits per heavy atom. The number of hydrogen-bond acceptors (Lipinski definition) is 5. The summed E-state index contributed by atoms with van der Waals surface area (Å²) in [6.45, 7) is 1.27. The molecule has 5 heteroatoms. The van der Waals surface area contributed by atoms with Gasteiger partial charge in [0.1, 0.15) is 12.4 Å². The van der Waals surface area contributed by atoms with Crippen molar-refractivity contribution in [2.24, 2.45) is 0 Å². The predicted octanol–water partition coefficient (Wildman–Crippen LogP) is 3.37. The number of nitrogens with two attached hydrogens (primary N) is 1. The van der Waals surface area contributed by atoms with Gasteiger partial charge >= 0.3 is 0 Å². The normalized spacial score (nSPS) is 10.6. The van der Waals surface area contributed by atoms with Crippen LogP contribution < -0.4 is 15.8 Å². The van der Waals surface area contributed by atoms with Crippen LogP contribution in [0.2, 0.25) is 0 Å². The van der Waals surface area contributed by atoms with Crippen LogP contribution in [-0.2, 0) is 0 Å². The summed E-state index contributed by atoms with van der Waals surface area (Å²) in [6.07, 6.45) is 0. The molecule has 0 radical (unpaired) electrons. The Morgan fingerprint density at radius 1 is 1.15 bits per heavy atom. The fourth-order valence-electron chi connectivity index (χ4n) is 1.88. The van der Waals surface area contributed by atoms with Crippen LogP contribution in [0.25, 0.3) is 10.2 Å². The maximum atomic E-state index is 5.69. The summed E-state index contributed by atoms with van der Waals surface area (Å²) in [7, 11) is 0. The van der Waals surface area contributed by atoms with Crippen molar-refractivity contribution in [3.05, 3.63) is 48.5 Å². The van der Waals surface area contributed by atoms with Crippen molar-refractivity contribution in [2.45, 2.75) is 0 Å². The van der Waals surface area contributed by atoms with Crippen LogP contribution in [0.4, 0.5) is 10.8 Å². The van der Waals surface area contributed by atoms with E-state index in [-0.39, 0.29) is 0 Å². The summed E-state index contributed by atoms with van der Waals surface area (Å²) in [5, 5.41) is 4.19. The van der Waals surface area contributed by atoms with Crippen molar-refractivity contribution < 1.29 is 4.74 Å². The Balaban J connectivity index is 1.52. The lowest BCUT2D eigenvalue weighted by Crippen LogP contribution is -2.11. The second-order valence-corrected chi connectivity index (χ2v) is 5.37. The van der Waals surface area contributed by atoms with Gasteiger partial charge in [-0.15, -0.1) is 0 Å². The van der Waals surface area contributed by atoms with Crippen molar-refractivity contribution >= 4 is 32.4 Å². The third-order valence-corrected chi connectivity index (χ3v) is 3.79. The van der Waals surface area contributed by atoms with E-state index in [9.17, 15) is 0 Å². The minimum Gasteiger partial charge on any atom is -0.492 e. The highest BCUT2D eigenvalue weighted by atomic mass is 32.1. The van der Waals surface area contributed by atoms with Crippen LogP contribution in [0.5, 0.6) is 5.75 Å². The molecule has 0 bridgehead atoms. The number of nitrogen functional groups attached to an aromatic ring is 1. The molecule has 0 aliphatic heterocycles. The number of rotatable bonds is 5. The zero-order valence-electron chi connectivity index (χ0n) is 10.9. The van der Waals surface area contributed by atoms with E-state index in [4.69, 9.17) is 10.5 Å². The molecule has 0 spiro atoms. The minimum absolute atomic E-state index is 0.569. The maximum absolute atomic E-state index is 5.69. The Morgan fingerprint density at radius 3 is 2.90 bits per heavy atom. The number of anilines is 2. The van der Waals surface area contributed by atoms with Crippen LogP contribution in [0.1, 0.15) is 0 Å². The SMILES string of the molecule is Nc1cccc(OCCNc2nc3ccccc3s2)c1. The number of nitrogens with zero attached hydrogens (tertiary/aromatic N) is 1. The van der Waals surface area contributed by atoms with E-state index in [2.05, 4.69) is 16.4 Å². The number of benzene rings is 2. The van der Waals surface area contributed by atoms with E-state index in [0.717, 1.165) is 16.4 Å². The van der Waals surface area contributed by atoms with Gasteiger partial charge in [-0.2, -0.15) is 0 Å². The first-order valence-corrected chi connectivity index (χ1v) is 7.21. The van der Waals surface area contributed by atoms with Crippen LogP contribution in [0, 0.1) is 0 Å². The van der Waals surface area contributed by atoms with E-state index in [1.54, 1.807) is 11.3 Å². The quantitative estimate of drug-likeness (QED) is 0.557. The zero-order valence-corrected chi connectivity index (χ0v) is 11.7. The maximum Gasteiger partial charge on any atom is 0.183 e. The number of ether oxygens (including phenoxy) is 1. The topological polar surface area (TPSA) is 60.2 Å². The van der Waals surface area contributed by atoms with Crippen LogP contribution >= 0.6 is 11.3 Å². The molecule has 3 N–H and O–H groups in total. The van der Waals surface area contributed by atoms with Crippen LogP contribution in [-0.4, -0.2) is 18.1 Å². The molecule has 0 saturated carbocycles. The highest BCUT2D eigenvalue weighted by molar-refractivity contribution is 7.22. The largest absolute Gasteiger partial charge is 0.492 e. The average molecular weight is 285 g/mol. The second kappa shape index (κ2) is 5.79. The highest BCUT2D eigenvalue weighted by Gasteiger charge is 2.02. The van der Waals surface area contributed by atoms with Gasteiger partial charge in [-0.25, -0.2) is 4.98 Å². The third-order valence-electron chi connectivity index (χ3n) is 2.80. The van der Waals surface area contributed by atoms with E-state index >= 15 is 0 Å². The van der Waals surface area contributed by atoms with Crippen molar-refractivity contribution in [3.8, 4) is 5.75 Å². The molecule has 0 aliphatic carbocycles. The molecule has 0 atom stereocenters. The fourth-order valence-corrected chi connectivity index (χ4v) is 2.77. The van der Waals surface area contributed by atoms with E-state index in [1.165, 1.54) is 4.70 Å².